The summed E-state index contributed by atoms with van der Waals surface area (Å²) < 4.78 is 5.56. The summed E-state index contributed by atoms with van der Waals surface area (Å²) in [4.78, 5) is 32.8. The molecule has 2 aromatic carbocycles. The second kappa shape index (κ2) is 8.77. The highest BCUT2D eigenvalue weighted by Crippen LogP contribution is 2.33. The molecular weight excluding hydrogens is 404 g/mol. The van der Waals surface area contributed by atoms with Crippen LogP contribution in [0.2, 0.25) is 0 Å². The van der Waals surface area contributed by atoms with Gasteiger partial charge < -0.3 is 9.57 Å². The molecule has 2 atom stereocenters. The SMILES string of the molecule is CC(C)Cc1cccc(C2=NO[C@H](C(=O)N3C(=O)OC(C)(C)[C@@H]3Cc3ccccc3)C2)c1. The van der Waals surface area contributed by atoms with Crippen LogP contribution < -0.4 is 0 Å². The van der Waals surface area contributed by atoms with Gasteiger partial charge in [-0.05, 0) is 55.4 Å². The van der Waals surface area contributed by atoms with Crippen LogP contribution >= 0.6 is 0 Å². The molecule has 0 N–H and O–H groups in total. The van der Waals surface area contributed by atoms with Gasteiger partial charge in [-0.25, -0.2) is 9.69 Å². The molecule has 1 fully saturated rings. The molecule has 0 saturated carbocycles. The molecule has 0 aromatic heterocycles. The van der Waals surface area contributed by atoms with Crippen molar-refractivity contribution < 1.29 is 19.2 Å². The minimum atomic E-state index is -0.835. The zero-order valence-corrected chi connectivity index (χ0v) is 19.1. The first-order chi connectivity index (χ1) is 15.2. The lowest BCUT2D eigenvalue weighted by Crippen LogP contribution is -2.49. The zero-order valence-electron chi connectivity index (χ0n) is 19.1. The third-order valence-corrected chi connectivity index (χ3v) is 6.02. The lowest BCUT2D eigenvalue weighted by molar-refractivity contribution is -0.140. The van der Waals surface area contributed by atoms with Crippen LogP contribution in [0.5, 0.6) is 0 Å². The predicted molar refractivity (Wildman–Crippen MR) is 122 cm³/mol. The molecule has 32 heavy (non-hydrogen) atoms. The first kappa shape index (κ1) is 22.1. The average molecular weight is 435 g/mol. The molecule has 4 rings (SSSR count). The highest BCUT2D eigenvalue weighted by molar-refractivity contribution is 6.06. The van der Waals surface area contributed by atoms with Crippen LogP contribution in [0.25, 0.3) is 0 Å². The van der Waals surface area contributed by atoms with E-state index in [2.05, 4.69) is 31.1 Å². The van der Waals surface area contributed by atoms with Crippen LogP contribution in [0.1, 0.15) is 50.8 Å². The quantitative estimate of drug-likeness (QED) is 0.658. The minimum absolute atomic E-state index is 0.326. The lowest BCUT2D eigenvalue weighted by atomic mass is 9.91. The Morgan fingerprint density at radius 1 is 1.12 bits per heavy atom. The summed E-state index contributed by atoms with van der Waals surface area (Å²) in [5.41, 5.74) is 3.13. The van der Waals surface area contributed by atoms with Crippen molar-refractivity contribution in [2.75, 3.05) is 0 Å². The Morgan fingerprint density at radius 2 is 1.84 bits per heavy atom. The molecule has 0 aliphatic carbocycles. The van der Waals surface area contributed by atoms with Crippen LogP contribution in [-0.2, 0) is 27.2 Å². The van der Waals surface area contributed by atoms with E-state index >= 15 is 0 Å². The number of amides is 2. The Balaban J connectivity index is 1.50. The van der Waals surface area contributed by atoms with Gasteiger partial charge in [-0.15, -0.1) is 0 Å². The molecule has 1 saturated heterocycles. The predicted octanol–water partition coefficient (Wildman–Crippen LogP) is 4.75. The number of nitrogens with zero attached hydrogens (tertiary/aromatic N) is 2. The first-order valence-corrected chi connectivity index (χ1v) is 11.2. The van der Waals surface area contributed by atoms with Gasteiger partial charge in [0.15, 0.2) is 0 Å². The molecule has 2 amide bonds. The molecule has 0 bridgehead atoms. The van der Waals surface area contributed by atoms with Gasteiger partial charge in [-0.3, -0.25) is 4.79 Å². The Hall–Kier alpha value is -3.15. The molecular formula is C26H30N2O4. The largest absolute Gasteiger partial charge is 0.441 e. The van der Waals surface area contributed by atoms with Crippen LogP contribution in [-0.4, -0.2) is 40.4 Å². The van der Waals surface area contributed by atoms with Gasteiger partial charge in [0.25, 0.3) is 5.91 Å². The number of rotatable bonds is 6. The van der Waals surface area contributed by atoms with E-state index in [1.807, 2.05) is 56.3 Å². The van der Waals surface area contributed by atoms with Crippen LogP contribution in [0.3, 0.4) is 0 Å². The number of oxime groups is 1. The van der Waals surface area contributed by atoms with Crippen molar-refractivity contribution in [2.45, 2.75) is 64.7 Å². The summed E-state index contributed by atoms with van der Waals surface area (Å²) in [6, 6.07) is 17.5. The molecule has 0 unspecified atom stereocenters. The molecule has 0 radical (unpaired) electrons. The second-order valence-corrected chi connectivity index (χ2v) is 9.52. The van der Waals surface area contributed by atoms with E-state index in [4.69, 9.17) is 9.57 Å². The van der Waals surface area contributed by atoms with E-state index in [0.29, 0.717) is 18.8 Å². The Morgan fingerprint density at radius 3 is 2.56 bits per heavy atom. The van der Waals surface area contributed by atoms with E-state index in [0.717, 1.165) is 23.3 Å². The fourth-order valence-electron chi connectivity index (χ4n) is 4.38. The first-order valence-electron chi connectivity index (χ1n) is 11.2. The topological polar surface area (TPSA) is 68.2 Å². The van der Waals surface area contributed by atoms with Crippen LogP contribution in [0.4, 0.5) is 4.79 Å². The smallest absolute Gasteiger partial charge is 0.417 e. The number of cyclic esters (lactones) is 1. The fraction of sp³-hybridized carbons (Fsp3) is 0.423. The number of carbonyl (C=O) groups is 2. The van der Waals surface area contributed by atoms with Gasteiger partial charge >= 0.3 is 6.09 Å². The lowest BCUT2D eigenvalue weighted by Gasteiger charge is -2.28. The highest BCUT2D eigenvalue weighted by atomic mass is 16.6. The van der Waals surface area contributed by atoms with Crippen molar-refractivity contribution in [3.05, 3.63) is 71.3 Å². The average Bonchev–Trinajstić information content (AvgIpc) is 3.31. The molecule has 6 heteroatoms. The number of hydrogen-bond acceptors (Lipinski definition) is 5. The van der Waals surface area contributed by atoms with Crippen molar-refractivity contribution in [3.63, 3.8) is 0 Å². The minimum Gasteiger partial charge on any atom is -0.441 e. The summed E-state index contributed by atoms with van der Waals surface area (Å²) in [5, 5.41) is 4.19. The van der Waals surface area contributed by atoms with Crippen molar-refractivity contribution in [3.8, 4) is 0 Å². The highest BCUT2D eigenvalue weighted by Gasteiger charge is 2.52. The molecule has 168 valence electrons. The molecule has 2 aromatic rings. The maximum absolute atomic E-state index is 13.4. The van der Waals surface area contributed by atoms with Gasteiger partial charge in [0, 0.05) is 6.42 Å². The third-order valence-electron chi connectivity index (χ3n) is 6.02. The van der Waals surface area contributed by atoms with Gasteiger partial charge in [-0.2, -0.15) is 0 Å². The Kier molecular flexibility index (Phi) is 6.04. The standard InChI is InChI=1S/C26H30N2O4/c1-17(2)13-19-11-8-12-20(14-19)21-16-22(32-27-21)24(29)28-23(26(3,4)31-25(28)30)15-18-9-6-5-7-10-18/h5-12,14,17,22-23H,13,15-16H2,1-4H3/t22-,23-/m0/s1. The normalized spacial score (nSPS) is 22.0. The number of benzene rings is 2. The summed E-state index contributed by atoms with van der Waals surface area (Å²) in [6.45, 7) is 8.03. The van der Waals surface area contributed by atoms with Crippen molar-refractivity contribution >= 4 is 17.7 Å². The van der Waals surface area contributed by atoms with Gasteiger partial charge in [0.05, 0.1) is 11.8 Å². The van der Waals surface area contributed by atoms with Gasteiger partial charge in [-0.1, -0.05) is 67.5 Å². The third kappa shape index (κ3) is 4.54. The molecule has 2 aliphatic rings. The maximum atomic E-state index is 13.4. The number of hydrogen-bond donors (Lipinski definition) is 0. The monoisotopic (exact) mass is 434 g/mol. The number of ether oxygens (including phenoxy) is 1. The van der Waals surface area contributed by atoms with Crippen molar-refractivity contribution in [2.24, 2.45) is 11.1 Å². The zero-order chi connectivity index (χ0) is 22.9. The van der Waals surface area contributed by atoms with Crippen molar-refractivity contribution in [1.82, 2.24) is 4.90 Å². The van der Waals surface area contributed by atoms with E-state index in [1.54, 1.807) is 0 Å². The second-order valence-electron chi connectivity index (χ2n) is 9.52. The number of imide groups is 1. The fourth-order valence-corrected chi connectivity index (χ4v) is 4.38. The van der Waals surface area contributed by atoms with Gasteiger partial charge in [0.1, 0.15) is 5.60 Å². The summed E-state index contributed by atoms with van der Waals surface area (Å²) >= 11 is 0. The summed E-state index contributed by atoms with van der Waals surface area (Å²) in [6.07, 6.45) is 0.352. The van der Waals surface area contributed by atoms with E-state index in [1.165, 1.54) is 10.5 Å². The Bertz CT molecular complexity index is 1030. The molecule has 6 nitrogen and oxygen atoms in total. The van der Waals surface area contributed by atoms with E-state index in [9.17, 15) is 9.59 Å². The number of carbonyl (C=O) groups excluding carboxylic acids is 2. The van der Waals surface area contributed by atoms with E-state index < -0.39 is 29.7 Å². The Labute approximate surface area is 189 Å². The van der Waals surface area contributed by atoms with Crippen molar-refractivity contribution in [1.29, 1.82) is 0 Å². The molecule has 2 aliphatic heterocycles. The van der Waals surface area contributed by atoms with Crippen LogP contribution in [0.15, 0.2) is 59.8 Å². The molecule has 2 heterocycles. The van der Waals surface area contributed by atoms with E-state index in [-0.39, 0.29) is 0 Å². The van der Waals surface area contributed by atoms with Gasteiger partial charge in [0.2, 0.25) is 6.10 Å². The summed E-state index contributed by atoms with van der Waals surface area (Å²) in [5.74, 6) is 0.144. The molecule has 0 spiro atoms. The maximum Gasteiger partial charge on any atom is 0.417 e. The van der Waals surface area contributed by atoms with Crippen LogP contribution in [0, 0.1) is 5.92 Å². The summed E-state index contributed by atoms with van der Waals surface area (Å²) in [7, 11) is 0.